The van der Waals surface area contributed by atoms with E-state index in [2.05, 4.69) is 13.8 Å². The van der Waals surface area contributed by atoms with Crippen LogP contribution in [0.5, 0.6) is 11.5 Å². The van der Waals surface area contributed by atoms with Gasteiger partial charge in [0.1, 0.15) is 0 Å². The van der Waals surface area contributed by atoms with Gasteiger partial charge >= 0.3 is 11.9 Å². The van der Waals surface area contributed by atoms with Gasteiger partial charge in [-0.15, -0.1) is 0 Å². The van der Waals surface area contributed by atoms with Crippen LogP contribution in [0.4, 0.5) is 0 Å². The minimum absolute atomic E-state index is 0.195. The highest BCUT2D eigenvalue weighted by Gasteiger charge is 2.17. The molecule has 0 aliphatic heterocycles. The lowest BCUT2D eigenvalue weighted by atomic mass is 10.0. The van der Waals surface area contributed by atoms with E-state index in [0.29, 0.717) is 23.3 Å². The number of hydrogen-bond donors (Lipinski definition) is 0. The van der Waals surface area contributed by atoms with Crippen LogP contribution in [0.3, 0.4) is 0 Å². The zero-order chi connectivity index (χ0) is 31.6. The fourth-order valence-electron chi connectivity index (χ4n) is 5.68. The number of esters is 2. The quantitative estimate of drug-likeness (QED) is 0.0583. The number of carbonyl (C=O) groups is 4. The summed E-state index contributed by atoms with van der Waals surface area (Å²) in [4.78, 5) is 49.5. The van der Waals surface area contributed by atoms with Crippen molar-refractivity contribution in [1.29, 1.82) is 0 Å². The van der Waals surface area contributed by atoms with E-state index in [-0.39, 0.29) is 23.4 Å². The lowest BCUT2D eigenvalue weighted by Crippen LogP contribution is -2.33. The standard InChI is InChI=1S/C38H52O6/c1-3-5-7-9-11-13-15-17-19-21-37(41)43-35-27-31-23-29-25-33(39)34(40)26-30(29)24-32(31)28-36(35)44-38(42)22-20-18-16-14-12-10-8-6-4-2/h23-28H,3-22H2,1-2H3. The predicted octanol–water partition coefficient (Wildman–Crippen LogP) is 8.21. The first-order valence-corrected chi connectivity index (χ1v) is 17.2. The highest BCUT2D eigenvalue weighted by atomic mass is 16.6. The molecule has 3 rings (SSSR count). The summed E-state index contributed by atoms with van der Waals surface area (Å²) in [5.74, 6) is -1.45. The van der Waals surface area contributed by atoms with Crippen LogP contribution in [0.2, 0.25) is 0 Å². The lowest BCUT2D eigenvalue weighted by Gasteiger charge is -2.13. The Morgan fingerprint density at radius 1 is 0.477 bits per heavy atom. The number of benzene rings is 2. The maximum Gasteiger partial charge on any atom is 0.311 e. The fourth-order valence-corrected chi connectivity index (χ4v) is 5.68. The lowest BCUT2D eigenvalue weighted by molar-refractivity contribution is -0.137. The van der Waals surface area contributed by atoms with E-state index in [1.165, 1.54) is 89.2 Å². The molecule has 6 heteroatoms. The first kappa shape index (κ1) is 35.2. The molecule has 2 aromatic carbocycles. The topological polar surface area (TPSA) is 86.7 Å². The van der Waals surface area contributed by atoms with Gasteiger partial charge in [0.25, 0.3) is 0 Å². The zero-order valence-corrected chi connectivity index (χ0v) is 27.1. The zero-order valence-electron chi connectivity index (χ0n) is 27.1. The number of ketones is 2. The third kappa shape index (κ3) is 12.4. The van der Waals surface area contributed by atoms with Crippen LogP contribution < -0.4 is 19.9 Å². The number of hydrogen-bond acceptors (Lipinski definition) is 6. The van der Waals surface area contributed by atoms with Gasteiger partial charge in [0.05, 0.1) is 0 Å². The van der Waals surface area contributed by atoms with Gasteiger partial charge in [0.15, 0.2) is 11.5 Å². The van der Waals surface area contributed by atoms with Gasteiger partial charge < -0.3 is 9.47 Å². The molecule has 44 heavy (non-hydrogen) atoms. The van der Waals surface area contributed by atoms with Crippen LogP contribution in [-0.2, 0) is 19.2 Å². The van der Waals surface area contributed by atoms with Crippen molar-refractivity contribution in [2.75, 3.05) is 0 Å². The molecule has 0 radical (unpaired) electrons. The Morgan fingerprint density at radius 2 is 0.795 bits per heavy atom. The van der Waals surface area contributed by atoms with Crippen molar-refractivity contribution in [1.82, 2.24) is 0 Å². The van der Waals surface area contributed by atoms with Crippen molar-refractivity contribution >= 4 is 46.4 Å². The van der Waals surface area contributed by atoms with Gasteiger partial charge in [-0.3, -0.25) is 19.2 Å². The second kappa shape index (κ2) is 19.9. The summed E-state index contributed by atoms with van der Waals surface area (Å²) in [6, 6.07) is 6.94. The van der Waals surface area contributed by atoms with Crippen LogP contribution in [0, 0.1) is 0 Å². The van der Waals surface area contributed by atoms with E-state index in [1.54, 1.807) is 24.3 Å². The third-order valence-electron chi connectivity index (χ3n) is 8.34. The molecule has 6 nitrogen and oxygen atoms in total. The predicted molar refractivity (Wildman–Crippen MR) is 177 cm³/mol. The molecule has 240 valence electrons. The summed E-state index contributed by atoms with van der Waals surface area (Å²) in [6.07, 6.45) is 24.0. The van der Waals surface area contributed by atoms with Crippen molar-refractivity contribution in [2.24, 2.45) is 0 Å². The summed E-state index contributed by atoms with van der Waals surface area (Å²) in [5, 5.41) is 2.70. The minimum Gasteiger partial charge on any atom is -0.422 e. The van der Waals surface area contributed by atoms with E-state index in [9.17, 15) is 19.2 Å². The molecule has 1 aliphatic carbocycles. The first-order valence-electron chi connectivity index (χ1n) is 17.2. The van der Waals surface area contributed by atoms with Gasteiger partial charge in [0.2, 0.25) is 11.6 Å². The van der Waals surface area contributed by atoms with Crippen molar-refractivity contribution in [3.05, 3.63) is 34.7 Å². The fraction of sp³-hybridized carbons (Fsp3) is 0.579. The number of fused-ring (bicyclic) bond motifs is 2. The molecule has 0 unspecified atom stereocenters. The number of carbonyl (C=O) groups excluding carboxylic acids is 4. The van der Waals surface area contributed by atoms with E-state index in [0.717, 1.165) is 49.3 Å². The van der Waals surface area contributed by atoms with Crippen molar-refractivity contribution in [3.63, 3.8) is 0 Å². The molecule has 1 aliphatic rings. The van der Waals surface area contributed by atoms with E-state index >= 15 is 0 Å². The second-order valence-electron chi connectivity index (χ2n) is 12.2. The average molecular weight is 605 g/mol. The maximum atomic E-state index is 12.8. The number of Topliss-reactive ketones (excluding diaryl/α,β-unsaturated/α-hetero) is 2. The summed E-state index contributed by atoms with van der Waals surface area (Å²) >= 11 is 0. The summed E-state index contributed by atoms with van der Waals surface area (Å²) in [5.41, 5.74) is 0. The van der Waals surface area contributed by atoms with Gasteiger partial charge in [-0.1, -0.05) is 117 Å². The summed E-state index contributed by atoms with van der Waals surface area (Å²) < 4.78 is 11.5. The van der Waals surface area contributed by atoms with Gasteiger partial charge in [-0.2, -0.15) is 0 Å². The van der Waals surface area contributed by atoms with E-state index in [4.69, 9.17) is 9.47 Å². The molecule has 0 amide bonds. The van der Waals surface area contributed by atoms with Crippen LogP contribution in [-0.4, -0.2) is 23.5 Å². The largest absolute Gasteiger partial charge is 0.422 e. The molecule has 0 spiro atoms. The Hall–Kier alpha value is -3.28. The molecular formula is C38H52O6. The van der Waals surface area contributed by atoms with Crippen molar-refractivity contribution in [2.45, 2.75) is 142 Å². The molecule has 0 saturated heterocycles. The number of rotatable bonds is 22. The first-order chi connectivity index (χ1) is 21.4. The Morgan fingerprint density at radius 3 is 1.14 bits per heavy atom. The monoisotopic (exact) mass is 604 g/mol. The Bertz CT molecular complexity index is 1270. The Labute approximate surface area is 263 Å². The summed E-state index contributed by atoms with van der Waals surface area (Å²) in [7, 11) is 0. The average Bonchev–Trinajstić information content (AvgIpc) is 2.99. The van der Waals surface area contributed by atoms with Crippen molar-refractivity contribution in [3.8, 4) is 11.5 Å². The Balaban J connectivity index is 1.61. The number of ether oxygens (including phenoxy) is 2. The van der Waals surface area contributed by atoms with E-state index < -0.39 is 11.6 Å². The number of unbranched alkanes of at least 4 members (excludes halogenated alkanes) is 16. The molecule has 0 bridgehead atoms. The van der Waals surface area contributed by atoms with Crippen LogP contribution in [0.15, 0.2) is 24.3 Å². The molecule has 0 atom stereocenters. The highest BCUT2D eigenvalue weighted by molar-refractivity contribution is 6.57. The minimum atomic E-state index is -0.563. The van der Waals surface area contributed by atoms with Gasteiger partial charge in [0, 0.05) is 12.8 Å². The third-order valence-corrected chi connectivity index (χ3v) is 8.34. The smallest absolute Gasteiger partial charge is 0.311 e. The van der Waals surface area contributed by atoms with Gasteiger partial charge in [-0.25, -0.2) is 0 Å². The van der Waals surface area contributed by atoms with Gasteiger partial charge in [-0.05, 0) is 70.5 Å². The second-order valence-corrected chi connectivity index (χ2v) is 12.2. The summed E-state index contributed by atoms with van der Waals surface area (Å²) in [6.45, 7) is 4.44. The van der Waals surface area contributed by atoms with E-state index in [1.807, 2.05) is 0 Å². The maximum absolute atomic E-state index is 12.8. The van der Waals surface area contributed by atoms with Crippen LogP contribution in [0.25, 0.3) is 22.9 Å². The molecule has 2 aromatic rings. The highest BCUT2D eigenvalue weighted by Crippen LogP contribution is 2.33. The molecule has 0 aromatic heterocycles. The molecule has 0 N–H and O–H groups in total. The normalized spacial score (nSPS) is 12.5. The van der Waals surface area contributed by atoms with Crippen LogP contribution >= 0.6 is 0 Å². The molecule has 0 heterocycles. The molecule has 0 saturated carbocycles. The molecule has 0 fully saturated rings. The van der Waals surface area contributed by atoms with Crippen LogP contribution in [0.1, 0.15) is 142 Å². The Kier molecular flexibility index (Phi) is 15.9. The van der Waals surface area contributed by atoms with Crippen molar-refractivity contribution < 1.29 is 28.7 Å². The molecular weight excluding hydrogens is 552 g/mol. The SMILES string of the molecule is CCCCCCCCCCCC(=O)Oc1cc2cc3c(cc2cc1OC(=O)CCCCCCCCCCC)=CC(=O)C(=O)C=3.